The topological polar surface area (TPSA) is 35.2 Å². The number of halogens is 4. The summed E-state index contributed by atoms with van der Waals surface area (Å²) in [6, 6.07) is 2.13. The first-order valence-electron chi connectivity index (χ1n) is 6.55. The molecule has 114 valence electrons. The molecule has 0 saturated carbocycles. The molecule has 0 bridgehead atoms. The summed E-state index contributed by atoms with van der Waals surface area (Å²) in [5, 5.41) is 0. The second-order valence-corrected chi connectivity index (χ2v) is 4.55. The number of rotatable bonds is 6. The van der Waals surface area contributed by atoms with Crippen molar-refractivity contribution in [2.45, 2.75) is 45.0 Å². The van der Waals surface area contributed by atoms with Gasteiger partial charge < -0.3 is 10.5 Å². The zero-order valence-electron chi connectivity index (χ0n) is 11.5. The maximum absolute atomic E-state index is 13.2. The second kappa shape index (κ2) is 7.04. The average molecular weight is 293 g/mol. The number of nitrogens with two attached hydrogens (primary N) is 1. The van der Waals surface area contributed by atoms with Gasteiger partial charge in [-0.1, -0.05) is 19.4 Å². The highest BCUT2D eigenvalue weighted by molar-refractivity contribution is 5.30. The lowest BCUT2D eigenvalue weighted by molar-refractivity contribution is -0.140. The van der Waals surface area contributed by atoms with Crippen LogP contribution in [0.25, 0.3) is 0 Å². The Morgan fingerprint density at radius 1 is 1.25 bits per heavy atom. The molecule has 2 atom stereocenters. The Hall–Kier alpha value is -1.14. The summed E-state index contributed by atoms with van der Waals surface area (Å²) in [5.74, 6) is -1.29. The van der Waals surface area contributed by atoms with Crippen LogP contribution in [0.2, 0.25) is 0 Å². The number of benzene rings is 1. The third-order valence-corrected chi connectivity index (χ3v) is 3.04. The molecule has 0 aliphatic rings. The first kappa shape index (κ1) is 16.9. The van der Waals surface area contributed by atoms with E-state index >= 15 is 0 Å². The summed E-state index contributed by atoms with van der Waals surface area (Å²) < 4.78 is 56.7. The van der Waals surface area contributed by atoms with Crippen LogP contribution in [0.1, 0.15) is 43.9 Å². The van der Waals surface area contributed by atoms with Crippen LogP contribution in [-0.4, -0.2) is 12.7 Å². The molecule has 0 aliphatic carbocycles. The van der Waals surface area contributed by atoms with E-state index in [0.29, 0.717) is 13.0 Å². The normalized spacial score (nSPS) is 15.2. The Bertz CT molecular complexity index is 428. The maximum atomic E-state index is 13.2. The zero-order valence-corrected chi connectivity index (χ0v) is 11.5. The van der Waals surface area contributed by atoms with Crippen molar-refractivity contribution in [2.75, 3.05) is 6.61 Å². The van der Waals surface area contributed by atoms with Gasteiger partial charge in [-0.05, 0) is 31.0 Å². The molecule has 0 amide bonds. The maximum Gasteiger partial charge on any atom is 0.419 e. The summed E-state index contributed by atoms with van der Waals surface area (Å²) in [6.45, 7) is 4.15. The Kier molecular flexibility index (Phi) is 5.95. The average Bonchev–Trinajstić information content (AvgIpc) is 2.37. The van der Waals surface area contributed by atoms with E-state index in [9.17, 15) is 17.6 Å². The largest absolute Gasteiger partial charge is 0.419 e. The minimum absolute atomic E-state index is 0.227. The molecule has 1 rings (SSSR count). The molecule has 2 unspecified atom stereocenters. The van der Waals surface area contributed by atoms with Crippen LogP contribution in [0.5, 0.6) is 0 Å². The highest BCUT2D eigenvalue weighted by atomic mass is 19.4. The lowest BCUT2D eigenvalue weighted by Gasteiger charge is -2.24. The fraction of sp³-hybridized carbons (Fsp3) is 0.571. The van der Waals surface area contributed by atoms with E-state index in [1.165, 1.54) is 6.07 Å². The highest BCUT2D eigenvalue weighted by Crippen LogP contribution is 2.33. The van der Waals surface area contributed by atoms with E-state index in [-0.39, 0.29) is 11.7 Å². The van der Waals surface area contributed by atoms with Crippen LogP contribution in [0.15, 0.2) is 18.2 Å². The molecule has 0 radical (unpaired) electrons. The molecule has 6 heteroatoms. The summed E-state index contributed by atoms with van der Waals surface area (Å²) in [4.78, 5) is 0. The van der Waals surface area contributed by atoms with Gasteiger partial charge in [-0.15, -0.1) is 0 Å². The fourth-order valence-electron chi connectivity index (χ4n) is 2.05. The van der Waals surface area contributed by atoms with Crippen molar-refractivity contribution in [3.63, 3.8) is 0 Å². The molecular weight excluding hydrogens is 274 g/mol. The predicted molar refractivity (Wildman–Crippen MR) is 68.7 cm³/mol. The zero-order chi connectivity index (χ0) is 15.3. The molecule has 1 aromatic carbocycles. The van der Waals surface area contributed by atoms with Crippen molar-refractivity contribution >= 4 is 0 Å². The lowest BCUT2D eigenvalue weighted by atomic mass is 9.97. The molecule has 0 spiro atoms. The van der Waals surface area contributed by atoms with Crippen LogP contribution >= 0.6 is 0 Å². The third-order valence-electron chi connectivity index (χ3n) is 3.04. The number of alkyl halides is 3. The smallest absolute Gasteiger partial charge is 0.377 e. The first-order valence-corrected chi connectivity index (χ1v) is 6.55. The Morgan fingerprint density at radius 3 is 2.40 bits per heavy atom. The quantitative estimate of drug-likeness (QED) is 0.803. The monoisotopic (exact) mass is 293 g/mol. The van der Waals surface area contributed by atoms with Gasteiger partial charge in [-0.2, -0.15) is 13.2 Å². The van der Waals surface area contributed by atoms with Crippen LogP contribution in [0.3, 0.4) is 0 Å². The van der Waals surface area contributed by atoms with Crippen LogP contribution < -0.4 is 5.73 Å². The molecule has 0 fully saturated rings. The van der Waals surface area contributed by atoms with E-state index in [1.807, 2.05) is 6.92 Å². The summed E-state index contributed by atoms with van der Waals surface area (Å²) in [7, 11) is 0. The van der Waals surface area contributed by atoms with Crippen molar-refractivity contribution in [3.8, 4) is 0 Å². The number of ether oxygens (including phenoxy) is 1. The van der Waals surface area contributed by atoms with Gasteiger partial charge in [-0.3, -0.25) is 0 Å². The summed E-state index contributed by atoms with van der Waals surface area (Å²) >= 11 is 0. The van der Waals surface area contributed by atoms with Crippen molar-refractivity contribution in [1.82, 2.24) is 0 Å². The number of hydrogen-bond donors (Lipinski definition) is 1. The minimum Gasteiger partial charge on any atom is -0.377 e. The SMILES string of the molecule is CCCC(OCC)C(N)c1ccc(F)c(C(F)(F)F)c1. The van der Waals surface area contributed by atoms with Gasteiger partial charge in [-0.25, -0.2) is 4.39 Å². The molecule has 0 heterocycles. The fourth-order valence-corrected chi connectivity index (χ4v) is 2.05. The van der Waals surface area contributed by atoms with E-state index < -0.39 is 23.6 Å². The molecule has 2 N–H and O–H groups in total. The second-order valence-electron chi connectivity index (χ2n) is 4.55. The Labute approximate surface area is 115 Å². The molecule has 0 aliphatic heterocycles. The van der Waals surface area contributed by atoms with Gasteiger partial charge in [0.25, 0.3) is 0 Å². The van der Waals surface area contributed by atoms with Gasteiger partial charge in [0, 0.05) is 6.61 Å². The first-order chi connectivity index (χ1) is 9.31. The Morgan fingerprint density at radius 2 is 1.90 bits per heavy atom. The van der Waals surface area contributed by atoms with Gasteiger partial charge in [0.05, 0.1) is 17.7 Å². The third kappa shape index (κ3) is 4.18. The molecule has 2 nitrogen and oxygen atoms in total. The van der Waals surface area contributed by atoms with Crippen LogP contribution in [0.4, 0.5) is 17.6 Å². The van der Waals surface area contributed by atoms with Gasteiger partial charge in [0.2, 0.25) is 0 Å². The van der Waals surface area contributed by atoms with Crippen molar-refractivity contribution in [1.29, 1.82) is 0 Å². The van der Waals surface area contributed by atoms with Gasteiger partial charge in [0.15, 0.2) is 0 Å². The molecule has 20 heavy (non-hydrogen) atoms. The molecule has 1 aromatic rings. The van der Waals surface area contributed by atoms with Crippen molar-refractivity contribution in [2.24, 2.45) is 5.73 Å². The van der Waals surface area contributed by atoms with E-state index in [2.05, 4.69) is 0 Å². The standard InChI is InChI=1S/C14H19F4NO/c1-3-5-12(20-4-2)13(19)9-6-7-11(15)10(8-9)14(16,17)18/h6-8,12-13H,3-5,19H2,1-2H3. The van der Waals surface area contributed by atoms with Crippen molar-refractivity contribution < 1.29 is 22.3 Å². The van der Waals surface area contributed by atoms with Gasteiger partial charge >= 0.3 is 6.18 Å². The summed E-state index contributed by atoms with van der Waals surface area (Å²) in [5.41, 5.74) is 4.89. The van der Waals surface area contributed by atoms with Crippen molar-refractivity contribution in [3.05, 3.63) is 35.1 Å². The van der Waals surface area contributed by atoms with Crippen LogP contribution in [-0.2, 0) is 10.9 Å². The van der Waals surface area contributed by atoms with Gasteiger partial charge in [0.1, 0.15) is 5.82 Å². The molecule has 0 saturated heterocycles. The predicted octanol–water partition coefficient (Wildman–Crippen LogP) is 4.05. The van der Waals surface area contributed by atoms with E-state index in [4.69, 9.17) is 10.5 Å². The number of hydrogen-bond acceptors (Lipinski definition) is 2. The molecule has 0 aromatic heterocycles. The lowest BCUT2D eigenvalue weighted by Crippen LogP contribution is -2.29. The highest BCUT2D eigenvalue weighted by Gasteiger charge is 2.35. The van der Waals surface area contributed by atoms with E-state index in [0.717, 1.165) is 18.6 Å². The van der Waals surface area contributed by atoms with E-state index in [1.54, 1.807) is 6.92 Å². The minimum atomic E-state index is -4.73. The van der Waals surface area contributed by atoms with Crippen LogP contribution in [0, 0.1) is 5.82 Å². The Balaban J connectivity index is 3.06. The summed E-state index contributed by atoms with van der Waals surface area (Å²) in [6.07, 6.45) is -3.68. The molecular formula is C14H19F4NO.